The van der Waals surface area contributed by atoms with Crippen LogP contribution in [0.25, 0.3) is 16.7 Å². The third-order valence-electron chi connectivity index (χ3n) is 4.71. The second-order valence-electron chi connectivity index (χ2n) is 6.92. The summed E-state index contributed by atoms with van der Waals surface area (Å²) in [5.74, 6) is -0.552. The molecule has 0 spiro atoms. The summed E-state index contributed by atoms with van der Waals surface area (Å²) < 4.78 is 8.27. The van der Waals surface area contributed by atoms with Gasteiger partial charge in [0.2, 0.25) is 0 Å². The molecule has 3 aromatic rings. The van der Waals surface area contributed by atoms with Gasteiger partial charge in [-0.25, -0.2) is 4.98 Å². The predicted molar refractivity (Wildman–Crippen MR) is 117 cm³/mol. The van der Waals surface area contributed by atoms with E-state index in [1.807, 2.05) is 19.9 Å². The summed E-state index contributed by atoms with van der Waals surface area (Å²) in [4.78, 5) is 34.4. The number of fused-ring (bicyclic) bond motifs is 2. The summed E-state index contributed by atoms with van der Waals surface area (Å²) >= 11 is 0. The van der Waals surface area contributed by atoms with Crippen LogP contribution in [-0.2, 0) is 16.1 Å². The molecule has 158 valence electrons. The number of nitriles is 1. The van der Waals surface area contributed by atoms with E-state index in [9.17, 15) is 14.9 Å². The SMILES string of the molecule is C=C/C=C/OCC(=O)N=c1c(C#N)cc2c(=O)n3cccc(C)c3nc2n1CCCC. The topological polar surface area (TPSA) is 102 Å². The van der Waals surface area contributed by atoms with E-state index < -0.39 is 5.91 Å². The number of carbonyl (C=O) groups is 1. The molecular weight excluding hydrogens is 394 g/mol. The Labute approximate surface area is 179 Å². The molecule has 8 nitrogen and oxygen atoms in total. The van der Waals surface area contributed by atoms with Gasteiger partial charge in [0.05, 0.1) is 17.2 Å². The van der Waals surface area contributed by atoms with Gasteiger partial charge in [0, 0.05) is 12.7 Å². The van der Waals surface area contributed by atoms with Crippen molar-refractivity contribution in [3.8, 4) is 6.07 Å². The van der Waals surface area contributed by atoms with E-state index >= 15 is 0 Å². The van der Waals surface area contributed by atoms with E-state index in [0.717, 1.165) is 18.4 Å². The average Bonchev–Trinajstić information content (AvgIpc) is 2.76. The van der Waals surface area contributed by atoms with Gasteiger partial charge in [0.1, 0.15) is 17.4 Å². The number of amides is 1. The molecule has 0 saturated carbocycles. The smallest absolute Gasteiger partial charge is 0.285 e. The first kappa shape index (κ1) is 21.7. The fraction of sp³-hybridized carbons (Fsp3) is 0.261. The number of carbonyl (C=O) groups excluding carboxylic acids is 1. The van der Waals surface area contributed by atoms with Gasteiger partial charge in [-0.05, 0) is 37.1 Å². The lowest BCUT2D eigenvalue weighted by Gasteiger charge is -2.13. The van der Waals surface area contributed by atoms with Gasteiger partial charge in [-0.2, -0.15) is 10.3 Å². The summed E-state index contributed by atoms with van der Waals surface area (Å²) in [5.41, 5.74) is 1.78. The molecule has 0 radical (unpaired) electrons. The lowest BCUT2D eigenvalue weighted by molar-refractivity contribution is -0.120. The van der Waals surface area contributed by atoms with E-state index in [1.165, 1.54) is 22.8 Å². The zero-order valence-electron chi connectivity index (χ0n) is 17.5. The van der Waals surface area contributed by atoms with Crippen LogP contribution < -0.4 is 11.0 Å². The van der Waals surface area contributed by atoms with Crippen LogP contribution in [0.15, 0.2) is 59.2 Å². The fourth-order valence-electron chi connectivity index (χ4n) is 3.20. The second kappa shape index (κ2) is 9.67. The molecule has 0 fully saturated rings. The Morgan fingerprint density at radius 2 is 2.23 bits per heavy atom. The Hall–Kier alpha value is -3.99. The first-order chi connectivity index (χ1) is 15.0. The maximum absolute atomic E-state index is 13.1. The maximum atomic E-state index is 13.1. The molecule has 0 aliphatic carbocycles. The number of ether oxygens (including phenoxy) is 1. The lowest BCUT2D eigenvalue weighted by Crippen LogP contribution is -2.30. The number of aryl methyl sites for hydroxylation is 2. The van der Waals surface area contributed by atoms with E-state index in [2.05, 4.69) is 17.6 Å². The molecule has 0 N–H and O–H groups in total. The molecule has 0 aliphatic rings. The van der Waals surface area contributed by atoms with Crippen LogP contribution in [0, 0.1) is 18.3 Å². The highest BCUT2D eigenvalue weighted by atomic mass is 16.5. The monoisotopic (exact) mass is 417 g/mol. The van der Waals surface area contributed by atoms with E-state index in [4.69, 9.17) is 9.72 Å². The van der Waals surface area contributed by atoms with Gasteiger partial charge in [0.15, 0.2) is 12.1 Å². The molecule has 3 aromatic heterocycles. The zero-order chi connectivity index (χ0) is 22.4. The van der Waals surface area contributed by atoms with Gasteiger partial charge in [0.25, 0.3) is 11.5 Å². The summed E-state index contributed by atoms with van der Waals surface area (Å²) in [6, 6.07) is 7.16. The molecular formula is C23H23N5O3. The van der Waals surface area contributed by atoms with Crippen molar-refractivity contribution in [2.45, 2.75) is 33.2 Å². The van der Waals surface area contributed by atoms with E-state index in [0.29, 0.717) is 23.2 Å². The molecule has 31 heavy (non-hydrogen) atoms. The third kappa shape index (κ3) is 4.46. The van der Waals surface area contributed by atoms with Crippen molar-refractivity contribution >= 4 is 22.6 Å². The number of aromatic nitrogens is 3. The van der Waals surface area contributed by atoms with E-state index in [1.54, 1.807) is 22.9 Å². The number of pyridine rings is 2. The average molecular weight is 417 g/mol. The van der Waals surface area contributed by atoms with Gasteiger partial charge in [-0.1, -0.05) is 32.1 Å². The number of hydrogen-bond donors (Lipinski definition) is 0. The van der Waals surface area contributed by atoms with Crippen LogP contribution in [0.2, 0.25) is 0 Å². The summed E-state index contributed by atoms with van der Waals surface area (Å²) in [6.45, 7) is 7.60. The molecule has 0 aliphatic heterocycles. The Morgan fingerprint density at radius 3 is 2.94 bits per heavy atom. The van der Waals surface area contributed by atoms with Gasteiger partial charge < -0.3 is 9.30 Å². The highest BCUT2D eigenvalue weighted by Gasteiger charge is 2.15. The molecule has 8 heteroatoms. The Morgan fingerprint density at radius 1 is 1.42 bits per heavy atom. The molecule has 0 saturated heterocycles. The van der Waals surface area contributed by atoms with E-state index in [-0.39, 0.29) is 23.2 Å². The lowest BCUT2D eigenvalue weighted by atomic mass is 10.2. The van der Waals surface area contributed by atoms with Crippen LogP contribution in [0.4, 0.5) is 0 Å². The number of rotatable bonds is 7. The molecule has 1 amide bonds. The molecule has 0 aromatic carbocycles. The first-order valence-electron chi connectivity index (χ1n) is 9.94. The van der Waals surface area contributed by atoms with Gasteiger partial charge in [-0.3, -0.25) is 14.0 Å². The quantitative estimate of drug-likeness (QED) is 0.334. The predicted octanol–water partition coefficient (Wildman–Crippen LogP) is 2.77. The standard InChI is InChI=1S/C23H23N5O3/c1-4-6-10-27-21(25-19(29)15-31-12-7-5-2)17(14-24)13-18-22(27)26-20-16(3)9-8-11-28(20)23(18)30/h5,7-9,11-13H,2,4,6,10,15H2,1,3H3/b12-7+,25-21?. The number of nitrogens with zero attached hydrogens (tertiary/aromatic N) is 5. The molecule has 0 atom stereocenters. The number of hydrogen-bond acceptors (Lipinski definition) is 5. The highest BCUT2D eigenvalue weighted by molar-refractivity contribution is 5.80. The number of unbranched alkanes of at least 4 members (excludes halogenated alkanes) is 1. The second-order valence-corrected chi connectivity index (χ2v) is 6.92. The zero-order valence-corrected chi connectivity index (χ0v) is 17.5. The van der Waals surface area contributed by atoms with Crippen LogP contribution >= 0.6 is 0 Å². The molecule has 0 bridgehead atoms. The minimum Gasteiger partial charge on any atom is -0.491 e. The van der Waals surface area contributed by atoms with Crippen molar-refractivity contribution in [3.05, 3.63) is 76.4 Å². The van der Waals surface area contributed by atoms with Crippen molar-refractivity contribution in [1.29, 1.82) is 5.26 Å². The normalized spacial score (nSPS) is 11.8. The fourth-order valence-corrected chi connectivity index (χ4v) is 3.20. The minimum atomic E-state index is -0.552. The van der Waals surface area contributed by atoms with Gasteiger partial charge in [-0.15, -0.1) is 0 Å². The van der Waals surface area contributed by atoms with Crippen LogP contribution in [0.5, 0.6) is 0 Å². The Kier molecular flexibility index (Phi) is 6.78. The van der Waals surface area contributed by atoms with Gasteiger partial charge >= 0.3 is 0 Å². The minimum absolute atomic E-state index is 0.130. The third-order valence-corrected chi connectivity index (χ3v) is 4.71. The van der Waals surface area contributed by atoms with Crippen molar-refractivity contribution in [1.82, 2.24) is 14.0 Å². The highest BCUT2D eigenvalue weighted by Crippen LogP contribution is 2.13. The molecule has 0 unspecified atom stereocenters. The molecule has 3 rings (SSSR count). The summed E-state index contributed by atoms with van der Waals surface area (Å²) in [6.07, 6.45) is 7.70. The first-order valence-corrected chi connectivity index (χ1v) is 9.94. The maximum Gasteiger partial charge on any atom is 0.285 e. The van der Waals surface area contributed by atoms with Crippen LogP contribution in [-0.4, -0.2) is 26.5 Å². The van der Waals surface area contributed by atoms with Crippen molar-refractivity contribution in [3.63, 3.8) is 0 Å². The van der Waals surface area contributed by atoms with Crippen LogP contribution in [0.1, 0.15) is 30.9 Å². The summed E-state index contributed by atoms with van der Waals surface area (Å²) in [5, 5.41) is 10.0. The Bertz CT molecular complexity index is 1360. The largest absolute Gasteiger partial charge is 0.491 e. The van der Waals surface area contributed by atoms with Crippen molar-refractivity contribution in [2.75, 3.05) is 6.61 Å². The Balaban J connectivity index is 2.32. The van der Waals surface area contributed by atoms with Crippen molar-refractivity contribution in [2.24, 2.45) is 4.99 Å². The summed E-state index contributed by atoms with van der Waals surface area (Å²) in [7, 11) is 0. The number of allylic oxidation sites excluding steroid dienone is 2. The van der Waals surface area contributed by atoms with Crippen molar-refractivity contribution < 1.29 is 9.53 Å². The molecule has 3 heterocycles. The van der Waals surface area contributed by atoms with Crippen LogP contribution in [0.3, 0.4) is 0 Å².